The largest absolute Gasteiger partial charge is 0.493 e. The number of aromatic amines is 1. The summed E-state index contributed by atoms with van der Waals surface area (Å²) in [5.74, 6) is -2.70. The first-order chi connectivity index (χ1) is 19.8. The second-order valence-corrected chi connectivity index (χ2v) is 11.2. The van der Waals surface area contributed by atoms with Crippen molar-refractivity contribution in [1.82, 2.24) is 4.98 Å². The number of nitrogens with one attached hydrogen (secondary N) is 1. The first-order valence-corrected chi connectivity index (χ1v) is 14.5. The van der Waals surface area contributed by atoms with Crippen molar-refractivity contribution < 1.29 is 38.1 Å². The minimum atomic E-state index is -0.813. The highest BCUT2D eigenvalue weighted by atomic mass is 32.2. The van der Waals surface area contributed by atoms with Gasteiger partial charge in [0.1, 0.15) is 5.25 Å². The van der Waals surface area contributed by atoms with E-state index in [0.29, 0.717) is 38.2 Å². The van der Waals surface area contributed by atoms with Crippen LogP contribution in [0.5, 0.6) is 11.5 Å². The second-order valence-electron chi connectivity index (χ2n) is 9.03. The van der Waals surface area contributed by atoms with Gasteiger partial charge in [0.15, 0.2) is 18.1 Å². The number of nitrogens with zero attached hydrogens (tertiary/aromatic N) is 1. The van der Waals surface area contributed by atoms with Crippen molar-refractivity contribution in [2.24, 2.45) is 5.92 Å². The molecule has 3 unspecified atom stereocenters. The molecule has 5 rings (SSSR count). The van der Waals surface area contributed by atoms with E-state index >= 15 is 0 Å². The predicted molar refractivity (Wildman–Crippen MR) is 150 cm³/mol. The number of hydrogen-bond donors (Lipinski definition) is 1. The van der Waals surface area contributed by atoms with Gasteiger partial charge in [-0.1, -0.05) is 29.2 Å². The Hall–Kier alpha value is -4.10. The highest BCUT2D eigenvalue weighted by Gasteiger charge is 2.56. The van der Waals surface area contributed by atoms with E-state index in [0.717, 1.165) is 28.0 Å². The zero-order valence-electron chi connectivity index (χ0n) is 22.3. The van der Waals surface area contributed by atoms with Crippen molar-refractivity contribution in [3.8, 4) is 11.5 Å². The number of amides is 2. The van der Waals surface area contributed by atoms with E-state index < -0.39 is 40.8 Å². The van der Waals surface area contributed by atoms with Gasteiger partial charge in [0.2, 0.25) is 11.8 Å². The number of carbonyl (C=O) groups is 4. The Balaban J connectivity index is 1.50. The summed E-state index contributed by atoms with van der Waals surface area (Å²) in [6, 6.07) is 11.1. The van der Waals surface area contributed by atoms with Crippen LogP contribution in [0.2, 0.25) is 0 Å². The Morgan fingerprint density at radius 3 is 2.37 bits per heavy atom. The molecule has 2 aliphatic heterocycles. The van der Waals surface area contributed by atoms with Crippen LogP contribution >= 0.6 is 23.1 Å². The van der Waals surface area contributed by atoms with Gasteiger partial charge in [-0.15, -0.1) is 0 Å². The number of anilines is 1. The smallest absolute Gasteiger partial charge is 0.344 e. The van der Waals surface area contributed by atoms with E-state index in [4.69, 9.17) is 18.9 Å². The van der Waals surface area contributed by atoms with Crippen LogP contribution in [0.1, 0.15) is 40.6 Å². The number of esters is 2. The minimum Gasteiger partial charge on any atom is -0.493 e. The lowest BCUT2D eigenvalue weighted by atomic mass is 9.83. The average molecular weight is 599 g/mol. The number of H-pyrrole nitrogens is 1. The van der Waals surface area contributed by atoms with E-state index in [2.05, 4.69) is 4.98 Å². The average Bonchev–Trinajstić information content (AvgIpc) is 3.46. The molecule has 1 fully saturated rings. The van der Waals surface area contributed by atoms with Gasteiger partial charge in [-0.05, 0) is 55.8 Å². The zero-order chi connectivity index (χ0) is 29.3. The number of fused-ring (bicyclic) bond motifs is 2. The maximum Gasteiger partial charge on any atom is 0.344 e. The van der Waals surface area contributed by atoms with Crippen molar-refractivity contribution in [1.29, 1.82) is 0 Å². The zero-order valence-corrected chi connectivity index (χ0v) is 24.0. The molecule has 0 bridgehead atoms. The summed E-state index contributed by atoms with van der Waals surface area (Å²) in [5.41, 5.74) is 1.27. The van der Waals surface area contributed by atoms with Crippen LogP contribution in [0.25, 0.3) is 0 Å². The van der Waals surface area contributed by atoms with Crippen molar-refractivity contribution in [3.63, 3.8) is 0 Å². The van der Waals surface area contributed by atoms with Crippen molar-refractivity contribution in [2.45, 2.75) is 30.0 Å². The Labute approximate surface area is 242 Å². The Bertz CT molecular complexity index is 1560. The maximum atomic E-state index is 13.9. The molecule has 3 aromatic rings. The summed E-state index contributed by atoms with van der Waals surface area (Å²) in [4.78, 5) is 68.1. The Morgan fingerprint density at radius 2 is 1.68 bits per heavy atom. The van der Waals surface area contributed by atoms with Gasteiger partial charge in [-0.2, -0.15) is 0 Å². The molecule has 41 heavy (non-hydrogen) atoms. The third-order valence-corrected chi connectivity index (χ3v) is 9.06. The molecule has 0 spiro atoms. The number of hydrogen-bond acceptors (Lipinski definition) is 11. The molecule has 0 radical (unpaired) electrons. The molecule has 2 amide bonds. The number of thiazole rings is 1. The number of thioether (sulfide) groups is 1. The summed E-state index contributed by atoms with van der Waals surface area (Å²) in [6.07, 6.45) is 0. The summed E-state index contributed by atoms with van der Waals surface area (Å²) in [5, 5.41) is -0.255. The van der Waals surface area contributed by atoms with Crippen molar-refractivity contribution in [3.05, 3.63) is 68.1 Å². The fourth-order valence-corrected chi connectivity index (χ4v) is 7.44. The second kappa shape index (κ2) is 11.8. The normalized spacial score (nSPS) is 19.4. The lowest BCUT2D eigenvalue weighted by Gasteiger charge is -2.30. The molecule has 11 nitrogen and oxygen atoms in total. The lowest BCUT2D eigenvalue weighted by Crippen LogP contribution is -2.32. The molecular formula is C28H26N2O9S2. The fraction of sp³-hybridized carbons (Fsp3) is 0.321. The Morgan fingerprint density at radius 1 is 0.951 bits per heavy atom. The van der Waals surface area contributed by atoms with Gasteiger partial charge in [0.25, 0.3) is 0 Å². The molecule has 1 N–H and O–H groups in total. The summed E-state index contributed by atoms with van der Waals surface area (Å²) in [7, 11) is 1.45. The van der Waals surface area contributed by atoms with Crippen molar-refractivity contribution >= 4 is 52.5 Å². The van der Waals surface area contributed by atoms with Gasteiger partial charge in [0, 0.05) is 10.8 Å². The summed E-state index contributed by atoms with van der Waals surface area (Å²) < 4.78 is 21.0. The van der Waals surface area contributed by atoms with E-state index in [1.807, 2.05) is 0 Å². The maximum absolute atomic E-state index is 13.9. The van der Waals surface area contributed by atoms with Crippen LogP contribution in [0, 0.1) is 5.92 Å². The van der Waals surface area contributed by atoms with Gasteiger partial charge in [0.05, 0.1) is 42.5 Å². The monoisotopic (exact) mass is 598 g/mol. The number of ether oxygens (including phenoxy) is 4. The SMILES string of the molecule is CCOC(=O)COc1ccc(C2c3sc(=O)[nH]c3SC3C(=O)N(c4ccc(C(=O)OCC)cc4)C(=O)C32)cc1OC. The van der Waals surface area contributed by atoms with Gasteiger partial charge in [-0.25, -0.2) is 14.5 Å². The lowest BCUT2D eigenvalue weighted by molar-refractivity contribution is -0.145. The molecule has 2 aliphatic rings. The van der Waals surface area contributed by atoms with Crippen LogP contribution in [0.3, 0.4) is 0 Å². The third kappa shape index (κ3) is 5.34. The first kappa shape index (κ1) is 28.4. The van der Waals surface area contributed by atoms with Crippen LogP contribution in [-0.2, 0) is 23.9 Å². The molecule has 2 aromatic carbocycles. The van der Waals surface area contributed by atoms with E-state index in [1.165, 1.54) is 31.4 Å². The van der Waals surface area contributed by atoms with Gasteiger partial charge < -0.3 is 23.9 Å². The van der Waals surface area contributed by atoms with Crippen LogP contribution in [-0.4, -0.2) is 60.9 Å². The topological polar surface area (TPSA) is 141 Å². The highest BCUT2D eigenvalue weighted by Crippen LogP contribution is 2.53. The number of methoxy groups -OCH3 is 1. The number of aromatic nitrogens is 1. The summed E-state index contributed by atoms with van der Waals surface area (Å²) in [6.45, 7) is 3.54. The van der Waals surface area contributed by atoms with E-state index in [9.17, 15) is 24.0 Å². The molecule has 3 heterocycles. The van der Waals surface area contributed by atoms with Crippen LogP contribution < -0.4 is 19.2 Å². The summed E-state index contributed by atoms with van der Waals surface area (Å²) >= 11 is 2.15. The van der Waals surface area contributed by atoms with Crippen LogP contribution in [0.15, 0.2) is 52.3 Å². The van der Waals surface area contributed by atoms with Crippen LogP contribution in [0.4, 0.5) is 5.69 Å². The standard InChI is InChI=1S/C28H26N2O9S2/c1-4-37-19(31)13-39-17-11-8-15(12-18(17)36-3)20-21-23(40-24-22(20)41-28(35)29-24)26(33)30(25(21)32)16-9-6-14(7-10-16)27(34)38-5-2/h6-12,20-21,23H,4-5,13H2,1-3H3,(H,29,35). The molecule has 0 aliphatic carbocycles. The number of carbonyl (C=O) groups excluding carboxylic acids is 4. The quantitative estimate of drug-likeness (QED) is 0.288. The van der Waals surface area contributed by atoms with Crippen molar-refractivity contribution in [2.75, 3.05) is 31.8 Å². The molecule has 214 valence electrons. The molecule has 1 aromatic heterocycles. The van der Waals surface area contributed by atoms with E-state index in [1.54, 1.807) is 32.0 Å². The fourth-order valence-electron chi connectivity index (χ4n) is 4.93. The minimum absolute atomic E-state index is 0.223. The van der Waals surface area contributed by atoms with Gasteiger partial charge >= 0.3 is 16.8 Å². The Kier molecular flexibility index (Phi) is 8.18. The first-order valence-electron chi connectivity index (χ1n) is 12.8. The van der Waals surface area contributed by atoms with E-state index in [-0.39, 0.29) is 24.7 Å². The molecular weight excluding hydrogens is 572 g/mol. The number of rotatable bonds is 9. The molecule has 0 saturated carbocycles. The molecule has 1 saturated heterocycles. The number of imide groups is 1. The molecule has 13 heteroatoms. The predicted octanol–water partition coefficient (Wildman–Crippen LogP) is 3.36. The number of benzene rings is 2. The van der Waals surface area contributed by atoms with Gasteiger partial charge in [-0.3, -0.25) is 14.4 Å². The highest BCUT2D eigenvalue weighted by molar-refractivity contribution is 8.00. The third-order valence-electron chi connectivity index (χ3n) is 6.66. The molecule has 3 atom stereocenters.